The van der Waals surface area contributed by atoms with Crippen LogP contribution in [0, 0.1) is 17.2 Å². The van der Waals surface area contributed by atoms with E-state index in [1.54, 1.807) is 12.1 Å². The topological polar surface area (TPSA) is 88.1 Å². The molecule has 1 atom stereocenters. The Kier molecular flexibility index (Phi) is 8.55. The summed E-state index contributed by atoms with van der Waals surface area (Å²) in [7, 11) is 0. The van der Waals surface area contributed by atoms with Crippen molar-refractivity contribution in [2.45, 2.75) is 44.8 Å². The molecule has 1 saturated heterocycles. The van der Waals surface area contributed by atoms with Gasteiger partial charge in [-0.25, -0.2) is 9.48 Å². The summed E-state index contributed by atoms with van der Waals surface area (Å²) in [5.41, 5.74) is 8.71. The molecule has 0 radical (unpaired) electrons. The Labute approximate surface area is 256 Å². The zero-order valence-electron chi connectivity index (χ0n) is 23.7. The molecule has 6 nitrogen and oxygen atoms in total. The molecule has 1 unspecified atom stereocenters. The van der Waals surface area contributed by atoms with Crippen molar-refractivity contribution in [3.8, 4) is 17.2 Å². The van der Waals surface area contributed by atoms with Crippen molar-refractivity contribution in [3.63, 3.8) is 0 Å². The third-order valence-electron chi connectivity index (χ3n) is 8.35. The lowest BCUT2D eigenvalue weighted by atomic mass is 9.73. The van der Waals surface area contributed by atoms with Gasteiger partial charge in [0.15, 0.2) is 0 Å². The van der Waals surface area contributed by atoms with Crippen LogP contribution in [-0.2, 0) is 9.53 Å². The maximum Gasteiger partial charge on any atom is 0.328 e. The highest BCUT2D eigenvalue weighted by Gasteiger charge is 2.28. The minimum absolute atomic E-state index is 0.00757. The summed E-state index contributed by atoms with van der Waals surface area (Å²) in [4.78, 5) is 11.0. The number of carboxylic acids is 1. The highest BCUT2D eigenvalue weighted by Crippen LogP contribution is 2.47. The molecule has 1 saturated carbocycles. The first-order valence-corrected chi connectivity index (χ1v) is 15.1. The normalized spacial score (nSPS) is 17.7. The van der Waals surface area contributed by atoms with E-state index in [-0.39, 0.29) is 6.23 Å². The van der Waals surface area contributed by atoms with Gasteiger partial charge in [0.2, 0.25) is 0 Å². The SMILES string of the molecule is N#Cc1ccc(/C(=C(\c2ccc(C=CC(=O)O)cc2)c2ccc(-c3cnn(C4CCCCO4)c3)cc2)C2CCC2)c(Cl)c1. The second kappa shape index (κ2) is 12.8. The fourth-order valence-corrected chi connectivity index (χ4v) is 6.15. The Bertz CT molecular complexity index is 1720. The van der Waals surface area contributed by atoms with Crippen LogP contribution in [0.4, 0.5) is 0 Å². The van der Waals surface area contributed by atoms with Crippen molar-refractivity contribution < 1.29 is 14.6 Å². The zero-order valence-corrected chi connectivity index (χ0v) is 24.5. The largest absolute Gasteiger partial charge is 0.478 e. The molecule has 1 aromatic heterocycles. The number of nitriles is 1. The molecule has 1 N–H and O–H groups in total. The number of allylic oxidation sites excluding steroid dienone is 1. The van der Waals surface area contributed by atoms with Gasteiger partial charge in [-0.3, -0.25) is 0 Å². The number of halogens is 1. The maximum absolute atomic E-state index is 11.0. The van der Waals surface area contributed by atoms with Gasteiger partial charge in [-0.15, -0.1) is 0 Å². The number of aromatic nitrogens is 2. The quantitative estimate of drug-likeness (QED) is 0.164. The molecule has 2 aliphatic rings. The third kappa shape index (κ3) is 6.34. The number of aliphatic carboxylic acids is 1. The van der Waals surface area contributed by atoms with Gasteiger partial charge in [0.1, 0.15) is 6.23 Å². The smallest absolute Gasteiger partial charge is 0.328 e. The molecule has 216 valence electrons. The number of rotatable bonds is 8. The summed E-state index contributed by atoms with van der Waals surface area (Å²) in [6, 6.07) is 24.2. The van der Waals surface area contributed by atoms with E-state index < -0.39 is 5.97 Å². The third-order valence-corrected chi connectivity index (χ3v) is 8.66. The van der Waals surface area contributed by atoms with Crippen LogP contribution in [0.25, 0.3) is 28.3 Å². The van der Waals surface area contributed by atoms with Gasteiger partial charge in [0.25, 0.3) is 0 Å². The summed E-state index contributed by atoms with van der Waals surface area (Å²) in [6.07, 6.45) is 13.2. The molecule has 1 aliphatic carbocycles. The van der Waals surface area contributed by atoms with Crippen molar-refractivity contribution in [2.24, 2.45) is 5.92 Å². The van der Waals surface area contributed by atoms with Gasteiger partial charge >= 0.3 is 5.97 Å². The van der Waals surface area contributed by atoms with Gasteiger partial charge in [0, 0.05) is 29.5 Å². The molecule has 6 rings (SSSR count). The number of carbonyl (C=O) groups is 1. The summed E-state index contributed by atoms with van der Waals surface area (Å²) in [6.45, 7) is 0.771. The molecule has 4 aromatic rings. The predicted octanol–water partition coefficient (Wildman–Crippen LogP) is 8.63. The van der Waals surface area contributed by atoms with E-state index in [2.05, 4.69) is 41.6 Å². The van der Waals surface area contributed by atoms with Crippen molar-refractivity contribution in [1.29, 1.82) is 5.26 Å². The summed E-state index contributed by atoms with van der Waals surface area (Å²) in [5.74, 6) is -0.648. The predicted molar refractivity (Wildman–Crippen MR) is 169 cm³/mol. The lowest BCUT2D eigenvalue weighted by Crippen LogP contribution is -2.18. The molecule has 2 fully saturated rings. The number of carboxylic acid groups (broad SMARTS) is 1. The van der Waals surface area contributed by atoms with Crippen LogP contribution in [0.15, 0.2) is 85.2 Å². The van der Waals surface area contributed by atoms with Gasteiger partial charge in [-0.05, 0) is 95.2 Å². The van der Waals surface area contributed by atoms with Gasteiger partial charge in [0.05, 0.1) is 17.8 Å². The summed E-state index contributed by atoms with van der Waals surface area (Å²) >= 11 is 6.85. The second-order valence-corrected chi connectivity index (χ2v) is 11.5. The highest BCUT2D eigenvalue weighted by atomic mass is 35.5. The molecular formula is C36H32ClN3O3. The number of hydrogen-bond acceptors (Lipinski definition) is 4. The Morgan fingerprint density at radius 1 is 0.977 bits per heavy atom. The first-order valence-electron chi connectivity index (χ1n) is 14.7. The van der Waals surface area contributed by atoms with E-state index in [0.717, 1.165) is 90.2 Å². The maximum atomic E-state index is 11.0. The molecule has 3 aromatic carbocycles. The van der Waals surface area contributed by atoms with Crippen LogP contribution in [0.5, 0.6) is 0 Å². The van der Waals surface area contributed by atoms with E-state index in [1.165, 1.54) is 5.57 Å². The fourth-order valence-electron chi connectivity index (χ4n) is 5.87. The second-order valence-electron chi connectivity index (χ2n) is 11.1. The molecule has 0 bridgehead atoms. The molecule has 0 amide bonds. The molecule has 0 spiro atoms. The number of hydrogen-bond donors (Lipinski definition) is 1. The van der Waals surface area contributed by atoms with E-state index in [0.29, 0.717) is 16.5 Å². The minimum atomic E-state index is -0.982. The van der Waals surface area contributed by atoms with Crippen LogP contribution < -0.4 is 0 Å². The van der Waals surface area contributed by atoms with Gasteiger partial charge in [-0.2, -0.15) is 10.4 Å². The Hall–Kier alpha value is -4.44. The van der Waals surface area contributed by atoms with Crippen LogP contribution in [-0.4, -0.2) is 27.5 Å². The van der Waals surface area contributed by atoms with Gasteiger partial charge in [-0.1, -0.05) is 72.6 Å². The van der Waals surface area contributed by atoms with E-state index in [1.807, 2.05) is 47.3 Å². The van der Waals surface area contributed by atoms with Crippen LogP contribution in [0.2, 0.25) is 5.02 Å². The highest BCUT2D eigenvalue weighted by molar-refractivity contribution is 6.33. The Balaban J connectivity index is 1.44. The lowest BCUT2D eigenvalue weighted by Gasteiger charge is -2.32. The first kappa shape index (κ1) is 28.7. The van der Waals surface area contributed by atoms with E-state index in [4.69, 9.17) is 21.4 Å². The average molecular weight is 590 g/mol. The van der Waals surface area contributed by atoms with Crippen LogP contribution in [0.3, 0.4) is 0 Å². The zero-order chi connectivity index (χ0) is 29.8. The number of ether oxygens (including phenoxy) is 1. The molecule has 2 heterocycles. The fraction of sp³-hybridized carbons (Fsp3) is 0.250. The molecule has 43 heavy (non-hydrogen) atoms. The van der Waals surface area contributed by atoms with Crippen molar-refractivity contribution in [2.75, 3.05) is 6.61 Å². The molecular weight excluding hydrogens is 558 g/mol. The van der Waals surface area contributed by atoms with Crippen molar-refractivity contribution in [1.82, 2.24) is 9.78 Å². The molecule has 7 heteroatoms. The first-order chi connectivity index (χ1) is 21.0. The lowest BCUT2D eigenvalue weighted by molar-refractivity contribution is -0.131. The monoisotopic (exact) mass is 589 g/mol. The Morgan fingerprint density at radius 2 is 1.72 bits per heavy atom. The Morgan fingerprint density at radius 3 is 2.33 bits per heavy atom. The summed E-state index contributed by atoms with van der Waals surface area (Å²) in [5, 5.41) is 23.7. The van der Waals surface area contributed by atoms with Crippen LogP contribution >= 0.6 is 11.6 Å². The number of nitrogens with zero attached hydrogens (tertiary/aromatic N) is 3. The van der Waals surface area contributed by atoms with Crippen molar-refractivity contribution in [3.05, 3.63) is 118 Å². The number of benzene rings is 3. The minimum Gasteiger partial charge on any atom is -0.478 e. The molecule has 1 aliphatic heterocycles. The van der Waals surface area contributed by atoms with E-state index >= 15 is 0 Å². The standard InChI is InChI=1S/C36H32ClN3O3/c37-32-20-25(21-38)9-17-31(32)36(27-4-3-5-27)35(28-11-7-24(8-12-28)10-18-34(41)42)29-15-13-26(14-16-29)30-22-39-40(23-30)33-6-1-2-19-43-33/h7-18,20,22-23,27,33H,1-6,19H2,(H,41,42)/b18-10?,36-35+. The van der Waals surface area contributed by atoms with Crippen LogP contribution in [0.1, 0.15) is 72.6 Å². The summed E-state index contributed by atoms with van der Waals surface area (Å²) < 4.78 is 7.84. The van der Waals surface area contributed by atoms with E-state index in [9.17, 15) is 10.1 Å². The average Bonchev–Trinajstić information content (AvgIpc) is 3.51. The van der Waals surface area contributed by atoms with Crippen molar-refractivity contribution >= 4 is 34.8 Å². The van der Waals surface area contributed by atoms with Gasteiger partial charge < -0.3 is 9.84 Å².